The summed E-state index contributed by atoms with van der Waals surface area (Å²) in [5, 5.41) is 7.92. The van der Waals surface area contributed by atoms with Crippen LogP contribution >= 0.6 is 11.3 Å². The number of rotatable bonds is 3. The number of nitrogens with one attached hydrogen (secondary N) is 2. The molecule has 1 unspecified atom stereocenters. The van der Waals surface area contributed by atoms with E-state index in [9.17, 15) is 4.79 Å². The third-order valence-corrected chi connectivity index (χ3v) is 3.42. The summed E-state index contributed by atoms with van der Waals surface area (Å²) in [4.78, 5) is 17.1. The number of imidazole rings is 1. The summed E-state index contributed by atoms with van der Waals surface area (Å²) in [5.74, 6) is -0.00453. The quantitative estimate of drug-likeness (QED) is 0.779. The highest BCUT2D eigenvalue weighted by atomic mass is 32.1. The summed E-state index contributed by atoms with van der Waals surface area (Å²) in [6.07, 6.45) is 7.72. The standard InChI is InChI=1S/C11H12N4OS/c16-10(9-2-1-3-12-9)13-6-8-7-15-4-5-17-11(15)14-8/h1-2,4-5,7,9,12H,3,6H2,(H,13,16). The van der Waals surface area contributed by atoms with Crippen molar-refractivity contribution in [1.29, 1.82) is 0 Å². The van der Waals surface area contributed by atoms with Gasteiger partial charge in [0.05, 0.1) is 12.2 Å². The number of aromatic nitrogens is 2. The zero-order valence-electron chi connectivity index (χ0n) is 9.09. The third kappa shape index (κ3) is 2.09. The average Bonchev–Trinajstić information content (AvgIpc) is 3.01. The lowest BCUT2D eigenvalue weighted by molar-refractivity contribution is -0.122. The van der Waals surface area contributed by atoms with Crippen molar-refractivity contribution < 1.29 is 4.79 Å². The Bertz CT molecular complexity index is 542. The fourth-order valence-electron chi connectivity index (χ4n) is 1.80. The van der Waals surface area contributed by atoms with Gasteiger partial charge >= 0.3 is 0 Å². The summed E-state index contributed by atoms with van der Waals surface area (Å²) in [5.41, 5.74) is 0.882. The van der Waals surface area contributed by atoms with Gasteiger partial charge in [0, 0.05) is 24.3 Å². The van der Waals surface area contributed by atoms with E-state index in [0.29, 0.717) is 6.54 Å². The minimum Gasteiger partial charge on any atom is -0.349 e. The highest BCUT2D eigenvalue weighted by molar-refractivity contribution is 7.15. The van der Waals surface area contributed by atoms with Gasteiger partial charge in [-0.15, -0.1) is 11.3 Å². The normalized spacial score (nSPS) is 18.9. The second kappa shape index (κ2) is 4.31. The van der Waals surface area contributed by atoms with Crippen LogP contribution < -0.4 is 10.6 Å². The molecule has 0 aromatic carbocycles. The molecular formula is C11H12N4OS. The molecule has 0 saturated heterocycles. The van der Waals surface area contributed by atoms with E-state index >= 15 is 0 Å². The van der Waals surface area contributed by atoms with E-state index in [1.54, 1.807) is 11.3 Å². The van der Waals surface area contributed by atoms with Crippen molar-refractivity contribution in [3.05, 3.63) is 35.6 Å². The van der Waals surface area contributed by atoms with Crippen molar-refractivity contribution in [3.63, 3.8) is 0 Å². The Morgan fingerprint density at radius 1 is 1.71 bits per heavy atom. The highest BCUT2D eigenvalue weighted by Crippen LogP contribution is 2.11. The van der Waals surface area contributed by atoms with Crippen LogP contribution in [0.15, 0.2) is 29.9 Å². The summed E-state index contributed by atoms with van der Waals surface area (Å²) in [6.45, 7) is 1.23. The number of hydrogen-bond acceptors (Lipinski definition) is 4. The number of carbonyl (C=O) groups excluding carboxylic acids is 1. The van der Waals surface area contributed by atoms with Crippen molar-refractivity contribution in [1.82, 2.24) is 20.0 Å². The zero-order valence-corrected chi connectivity index (χ0v) is 9.91. The number of fused-ring (bicyclic) bond motifs is 1. The third-order valence-electron chi connectivity index (χ3n) is 2.65. The van der Waals surface area contributed by atoms with Gasteiger partial charge in [-0.25, -0.2) is 4.98 Å². The van der Waals surface area contributed by atoms with Crippen LogP contribution in [0.25, 0.3) is 4.96 Å². The molecule has 6 heteroatoms. The van der Waals surface area contributed by atoms with Crippen LogP contribution in [0.2, 0.25) is 0 Å². The SMILES string of the molecule is O=C(NCc1cn2ccsc2n1)C1C=CCN1. The highest BCUT2D eigenvalue weighted by Gasteiger charge is 2.17. The second-order valence-corrected chi connectivity index (χ2v) is 4.73. The lowest BCUT2D eigenvalue weighted by Crippen LogP contribution is -2.40. The molecule has 1 amide bonds. The number of nitrogens with zero attached hydrogens (tertiary/aromatic N) is 2. The Labute approximate surface area is 102 Å². The summed E-state index contributed by atoms with van der Waals surface area (Å²) < 4.78 is 1.96. The van der Waals surface area contributed by atoms with Gasteiger partial charge in [0.25, 0.3) is 0 Å². The molecule has 1 aliphatic rings. The fourth-order valence-corrected chi connectivity index (χ4v) is 2.52. The molecule has 0 bridgehead atoms. The maximum atomic E-state index is 11.7. The van der Waals surface area contributed by atoms with Gasteiger partial charge in [-0.05, 0) is 0 Å². The van der Waals surface area contributed by atoms with Gasteiger partial charge in [-0.1, -0.05) is 12.2 Å². The minimum absolute atomic E-state index is 0.00453. The van der Waals surface area contributed by atoms with E-state index in [1.165, 1.54) is 0 Å². The predicted octanol–water partition coefficient (Wildman–Crippen LogP) is 0.540. The van der Waals surface area contributed by atoms with Crippen LogP contribution in [0, 0.1) is 0 Å². The summed E-state index contributed by atoms with van der Waals surface area (Å²) in [7, 11) is 0. The number of amides is 1. The molecule has 88 valence electrons. The molecule has 0 radical (unpaired) electrons. The monoisotopic (exact) mass is 248 g/mol. The van der Waals surface area contributed by atoms with Crippen molar-refractivity contribution in [3.8, 4) is 0 Å². The Balaban J connectivity index is 1.62. The molecule has 3 heterocycles. The first kappa shape index (κ1) is 10.5. The maximum absolute atomic E-state index is 11.7. The Hall–Kier alpha value is -1.66. The van der Waals surface area contributed by atoms with Crippen molar-refractivity contribution in [2.45, 2.75) is 12.6 Å². The number of hydrogen-bond donors (Lipinski definition) is 2. The fraction of sp³-hybridized carbons (Fsp3) is 0.273. The van der Waals surface area contributed by atoms with E-state index in [4.69, 9.17) is 0 Å². The Morgan fingerprint density at radius 3 is 3.41 bits per heavy atom. The molecule has 2 aromatic heterocycles. The van der Waals surface area contributed by atoms with Gasteiger partial charge < -0.3 is 5.32 Å². The van der Waals surface area contributed by atoms with Crippen LogP contribution in [-0.4, -0.2) is 27.9 Å². The van der Waals surface area contributed by atoms with E-state index in [-0.39, 0.29) is 11.9 Å². The molecule has 2 aromatic rings. The Morgan fingerprint density at radius 2 is 2.65 bits per heavy atom. The first-order valence-corrected chi connectivity index (χ1v) is 6.30. The number of thiazole rings is 1. The molecule has 0 saturated carbocycles. The van der Waals surface area contributed by atoms with Crippen LogP contribution in [0.1, 0.15) is 5.69 Å². The molecule has 0 aliphatic carbocycles. The first-order valence-electron chi connectivity index (χ1n) is 5.42. The number of carbonyl (C=O) groups is 1. The molecule has 3 rings (SSSR count). The second-order valence-electron chi connectivity index (χ2n) is 3.86. The minimum atomic E-state index is -0.196. The van der Waals surface area contributed by atoms with Crippen molar-refractivity contribution in [2.75, 3.05) is 6.54 Å². The summed E-state index contributed by atoms with van der Waals surface area (Å²) in [6, 6.07) is -0.196. The smallest absolute Gasteiger partial charge is 0.241 e. The molecular weight excluding hydrogens is 236 g/mol. The molecule has 17 heavy (non-hydrogen) atoms. The molecule has 2 N–H and O–H groups in total. The molecule has 1 atom stereocenters. The summed E-state index contributed by atoms with van der Waals surface area (Å²) >= 11 is 1.58. The first-order chi connectivity index (χ1) is 8.33. The van der Waals surface area contributed by atoms with E-state index in [2.05, 4.69) is 15.6 Å². The van der Waals surface area contributed by atoms with Gasteiger partial charge in [0.1, 0.15) is 6.04 Å². The molecule has 0 spiro atoms. The molecule has 0 fully saturated rings. The topological polar surface area (TPSA) is 58.4 Å². The van der Waals surface area contributed by atoms with Crippen molar-refractivity contribution in [2.24, 2.45) is 0 Å². The van der Waals surface area contributed by atoms with Gasteiger partial charge in [0.15, 0.2) is 4.96 Å². The average molecular weight is 248 g/mol. The van der Waals surface area contributed by atoms with E-state index in [1.807, 2.05) is 34.3 Å². The molecule has 5 nitrogen and oxygen atoms in total. The van der Waals surface area contributed by atoms with E-state index < -0.39 is 0 Å². The van der Waals surface area contributed by atoms with Crippen LogP contribution in [0.4, 0.5) is 0 Å². The van der Waals surface area contributed by atoms with Gasteiger partial charge in [-0.2, -0.15) is 0 Å². The van der Waals surface area contributed by atoms with E-state index in [0.717, 1.165) is 17.2 Å². The Kier molecular flexibility index (Phi) is 2.66. The predicted molar refractivity (Wildman–Crippen MR) is 65.8 cm³/mol. The van der Waals surface area contributed by atoms with Gasteiger partial charge in [-0.3, -0.25) is 14.5 Å². The van der Waals surface area contributed by atoms with Gasteiger partial charge in [0.2, 0.25) is 5.91 Å². The largest absolute Gasteiger partial charge is 0.349 e. The lowest BCUT2D eigenvalue weighted by Gasteiger charge is -2.08. The van der Waals surface area contributed by atoms with Crippen molar-refractivity contribution >= 4 is 22.2 Å². The van der Waals surface area contributed by atoms with Crippen LogP contribution in [0.5, 0.6) is 0 Å². The zero-order chi connectivity index (χ0) is 11.7. The van der Waals surface area contributed by atoms with Crippen LogP contribution in [-0.2, 0) is 11.3 Å². The van der Waals surface area contributed by atoms with Crippen LogP contribution in [0.3, 0.4) is 0 Å². The molecule has 1 aliphatic heterocycles. The maximum Gasteiger partial charge on any atom is 0.241 e. The lowest BCUT2D eigenvalue weighted by atomic mass is 10.3.